The van der Waals surface area contributed by atoms with Crippen molar-refractivity contribution in [2.75, 3.05) is 20.3 Å². The first kappa shape index (κ1) is 14.2. The third kappa shape index (κ3) is 5.30. The molecule has 5 nitrogen and oxygen atoms in total. The van der Waals surface area contributed by atoms with E-state index in [1.807, 2.05) is 12.5 Å². The number of nitrogens with zero attached hydrogens (tertiary/aromatic N) is 2. The molecule has 0 bridgehead atoms. The molecule has 0 fully saturated rings. The van der Waals surface area contributed by atoms with Crippen LogP contribution in [0, 0.1) is 0 Å². The minimum atomic E-state index is -0.381. The Kier molecular flexibility index (Phi) is 6.84. The highest BCUT2D eigenvalue weighted by Crippen LogP contribution is 2.00. The van der Waals surface area contributed by atoms with Crippen LogP contribution in [-0.4, -0.2) is 41.0 Å². The minimum Gasteiger partial charge on any atom is -0.391 e. The molecule has 0 radical (unpaired) electrons. The molecule has 0 aromatic carbocycles. The number of nitrogens with one attached hydrogen (secondary N) is 1. The van der Waals surface area contributed by atoms with Crippen molar-refractivity contribution in [1.29, 1.82) is 0 Å². The fourth-order valence-corrected chi connectivity index (χ4v) is 1.70. The van der Waals surface area contributed by atoms with Gasteiger partial charge in [0.25, 0.3) is 0 Å². The normalized spacial score (nSPS) is 12.9. The largest absolute Gasteiger partial charge is 0.391 e. The van der Waals surface area contributed by atoms with E-state index in [0.717, 1.165) is 26.1 Å². The van der Waals surface area contributed by atoms with E-state index in [4.69, 9.17) is 4.74 Å². The first-order valence-electron chi connectivity index (χ1n) is 6.14. The molecule has 98 valence electrons. The lowest BCUT2D eigenvalue weighted by molar-refractivity contribution is 0.0594. The monoisotopic (exact) mass is 241 g/mol. The molecule has 0 saturated carbocycles. The molecule has 17 heavy (non-hydrogen) atoms. The maximum atomic E-state index is 9.46. The van der Waals surface area contributed by atoms with E-state index >= 15 is 0 Å². The van der Waals surface area contributed by atoms with Crippen molar-refractivity contribution in [3.05, 3.63) is 18.2 Å². The highest BCUT2D eigenvalue weighted by molar-refractivity contribution is 4.97. The maximum absolute atomic E-state index is 9.46. The van der Waals surface area contributed by atoms with Crippen molar-refractivity contribution in [2.24, 2.45) is 0 Å². The zero-order chi connectivity index (χ0) is 12.5. The number of aryl methyl sites for hydroxylation is 1. The van der Waals surface area contributed by atoms with Crippen molar-refractivity contribution in [2.45, 2.75) is 39.0 Å². The van der Waals surface area contributed by atoms with E-state index in [9.17, 15) is 5.11 Å². The van der Waals surface area contributed by atoms with Crippen LogP contribution >= 0.6 is 0 Å². The second-order valence-electron chi connectivity index (χ2n) is 4.15. The molecule has 0 spiro atoms. The summed E-state index contributed by atoms with van der Waals surface area (Å²) < 4.78 is 7.02. The van der Waals surface area contributed by atoms with Gasteiger partial charge in [-0.05, 0) is 19.4 Å². The topological polar surface area (TPSA) is 59.3 Å². The summed E-state index contributed by atoms with van der Waals surface area (Å²) in [6.07, 6.45) is 5.17. The molecule has 1 aromatic rings. The Labute approximate surface area is 103 Å². The van der Waals surface area contributed by atoms with Crippen molar-refractivity contribution in [1.82, 2.24) is 14.9 Å². The fraction of sp³-hybridized carbons (Fsp3) is 0.750. The lowest BCUT2D eigenvalue weighted by Crippen LogP contribution is -2.23. The number of hydrogen-bond donors (Lipinski definition) is 2. The number of aliphatic hydroxyl groups excluding tert-OH is 1. The van der Waals surface area contributed by atoms with Crippen molar-refractivity contribution < 1.29 is 9.84 Å². The summed E-state index contributed by atoms with van der Waals surface area (Å²) in [5.41, 5.74) is 1.19. The standard InChI is InChI=1S/C12H23N3O2/c1-3-6-15-10-14-8-11(15)7-13-5-4-12(16)9-17-2/h8,10,12-13,16H,3-7,9H2,1-2H3. The van der Waals surface area contributed by atoms with Crippen LogP contribution in [-0.2, 0) is 17.8 Å². The molecular formula is C12H23N3O2. The maximum Gasteiger partial charge on any atom is 0.0948 e. The fourth-order valence-electron chi connectivity index (χ4n) is 1.70. The van der Waals surface area contributed by atoms with E-state index in [2.05, 4.69) is 21.8 Å². The third-order valence-electron chi connectivity index (χ3n) is 2.58. The zero-order valence-corrected chi connectivity index (χ0v) is 10.7. The molecule has 1 heterocycles. The summed E-state index contributed by atoms with van der Waals surface area (Å²) in [6.45, 7) is 5.12. The van der Waals surface area contributed by atoms with Gasteiger partial charge in [-0.1, -0.05) is 6.92 Å². The van der Waals surface area contributed by atoms with Gasteiger partial charge in [0.05, 0.1) is 24.7 Å². The Hall–Kier alpha value is -0.910. The molecule has 0 aliphatic carbocycles. The Morgan fingerprint density at radius 3 is 3.12 bits per heavy atom. The summed E-state index contributed by atoms with van der Waals surface area (Å²) in [5.74, 6) is 0. The zero-order valence-electron chi connectivity index (χ0n) is 10.7. The molecule has 1 rings (SSSR count). The predicted molar refractivity (Wildman–Crippen MR) is 66.7 cm³/mol. The van der Waals surface area contributed by atoms with E-state index in [1.165, 1.54) is 5.69 Å². The molecule has 1 aromatic heterocycles. The van der Waals surface area contributed by atoms with E-state index in [-0.39, 0.29) is 6.10 Å². The van der Waals surface area contributed by atoms with Crippen LogP contribution in [0.25, 0.3) is 0 Å². The number of imidazole rings is 1. The smallest absolute Gasteiger partial charge is 0.0948 e. The van der Waals surface area contributed by atoms with Crippen LogP contribution in [0.3, 0.4) is 0 Å². The second-order valence-corrected chi connectivity index (χ2v) is 4.15. The van der Waals surface area contributed by atoms with Crippen LogP contribution in [0.5, 0.6) is 0 Å². The highest BCUT2D eigenvalue weighted by atomic mass is 16.5. The van der Waals surface area contributed by atoms with Gasteiger partial charge in [-0.3, -0.25) is 0 Å². The Bertz CT molecular complexity index is 302. The second kappa shape index (κ2) is 8.22. The van der Waals surface area contributed by atoms with Gasteiger partial charge in [-0.25, -0.2) is 4.98 Å². The predicted octanol–water partition coefficient (Wildman–Crippen LogP) is 0.780. The SMILES string of the molecule is CCCn1cncc1CNCCC(O)COC. The van der Waals surface area contributed by atoms with Crippen LogP contribution in [0.4, 0.5) is 0 Å². The van der Waals surface area contributed by atoms with E-state index in [0.29, 0.717) is 13.0 Å². The molecule has 0 saturated heterocycles. The molecule has 2 N–H and O–H groups in total. The van der Waals surface area contributed by atoms with Crippen LogP contribution in [0.15, 0.2) is 12.5 Å². The van der Waals surface area contributed by atoms with Gasteiger partial charge in [0.15, 0.2) is 0 Å². The van der Waals surface area contributed by atoms with E-state index in [1.54, 1.807) is 7.11 Å². The van der Waals surface area contributed by atoms with Crippen LogP contribution < -0.4 is 5.32 Å². The number of aromatic nitrogens is 2. The third-order valence-corrected chi connectivity index (χ3v) is 2.58. The molecule has 1 unspecified atom stereocenters. The van der Waals surface area contributed by atoms with Gasteiger partial charge < -0.3 is 19.7 Å². The van der Waals surface area contributed by atoms with Gasteiger partial charge in [0, 0.05) is 26.4 Å². The van der Waals surface area contributed by atoms with E-state index < -0.39 is 0 Å². The van der Waals surface area contributed by atoms with Crippen molar-refractivity contribution in [3.63, 3.8) is 0 Å². The quantitative estimate of drug-likeness (QED) is 0.627. The lowest BCUT2D eigenvalue weighted by Gasteiger charge is -2.11. The first-order chi connectivity index (χ1) is 8.27. The summed E-state index contributed by atoms with van der Waals surface area (Å²) in [4.78, 5) is 4.14. The molecule has 0 aliphatic rings. The van der Waals surface area contributed by atoms with Gasteiger partial charge in [-0.2, -0.15) is 0 Å². The van der Waals surface area contributed by atoms with Gasteiger partial charge in [0.1, 0.15) is 0 Å². The van der Waals surface area contributed by atoms with Crippen molar-refractivity contribution in [3.8, 4) is 0 Å². The molecular weight excluding hydrogens is 218 g/mol. The Morgan fingerprint density at radius 2 is 2.41 bits per heavy atom. The first-order valence-corrected chi connectivity index (χ1v) is 6.14. The summed E-state index contributed by atoms with van der Waals surface area (Å²) in [6, 6.07) is 0. The minimum absolute atomic E-state index is 0.381. The highest BCUT2D eigenvalue weighted by Gasteiger charge is 2.04. The van der Waals surface area contributed by atoms with Gasteiger partial charge in [-0.15, -0.1) is 0 Å². The van der Waals surface area contributed by atoms with Gasteiger partial charge >= 0.3 is 0 Å². The molecule has 1 atom stereocenters. The number of aliphatic hydroxyl groups is 1. The molecule has 5 heteroatoms. The Morgan fingerprint density at radius 1 is 1.59 bits per heavy atom. The molecule has 0 amide bonds. The van der Waals surface area contributed by atoms with Crippen molar-refractivity contribution >= 4 is 0 Å². The summed E-state index contributed by atoms with van der Waals surface area (Å²) >= 11 is 0. The summed E-state index contributed by atoms with van der Waals surface area (Å²) in [7, 11) is 1.60. The molecule has 0 aliphatic heterocycles. The lowest BCUT2D eigenvalue weighted by atomic mass is 10.2. The van der Waals surface area contributed by atoms with Crippen LogP contribution in [0.1, 0.15) is 25.5 Å². The average Bonchev–Trinajstić information content (AvgIpc) is 2.73. The number of methoxy groups -OCH3 is 1. The van der Waals surface area contributed by atoms with Gasteiger partial charge in [0.2, 0.25) is 0 Å². The van der Waals surface area contributed by atoms with Crippen LogP contribution in [0.2, 0.25) is 0 Å². The average molecular weight is 241 g/mol. The Balaban J connectivity index is 2.19. The number of rotatable bonds is 9. The summed E-state index contributed by atoms with van der Waals surface area (Å²) in [5, 5.41) is 12.8. The number of hydrogen-bond acceptors (Lipinski definition) is 4. The number of ether oxygens (including phenoxy) is 1.